The van der Waals surface area contributed by atoms with Gasteiger partial charge in [-0.25, -0.2) is 4.98 Å². The van der Waals surface area contributed by atoms with E-state index in [2.05, 4.69) is 9.98 Å². The third-order valence-electron chi connectivity index (χ3n) is 5.06. The number of nitrogens with zero attached hydrogens (tertiary/aromatic N) is 2. The molecular formula is C25H17N3O2. The molecule has 0 bridgehead atoms. The number of nitrogens with one attached hydrogen (secondary N) is 1. The summed E-state index contributed by atoms with van der Waals surface area (Å²) in [6, 6.07) is 22.3. The number of phenols is 1. The number of benzene rings is 3. The van der Waals surface area contributed by atoms with Gasteiger partial charge in [0.25, 0.3) is 0 Å². The highest BCUT2D eigenvalue weighted by Crippen LogP contribution is 2.33. The van der Waals surface area contributed by atoms with Gasteiger partial charge in [-0.1, -0.05) is 48.5 Å². The summed E-state index contributed by atoms with van der Waals surface area (Å²) < 4.78 is 0. The van der Waals surface area contributed by atoms with Crippen LogP contribution in [0.3, 0.4) is 0 Å². The van der Waals surface area contributed by atoms with Gasteiger partial charge >= 0.3 is 0 Å². The Morgan fingerprint density at radius 1 is 0.933 bits per heavy atom. The lowest BCUT2D eigenvalue weighted by Gasteiger charge is -2.07. The van der Waals surface area contributed by atoms with E-state index in [9.17, 15) is 9.90 Å². The number of phenolic OH excluding ortho intramolecular Hbond substituents is 1. The van der Waals surface area contributed by atoms with Gasteiger partial charge in [0.2, 0.25) is 0 Å². The minimum Gasteiger partial charge on any atom is -0.507 e. The first-order chi connectivity index (χ1) is 14.7. The van der Waals surface area contributed by atoms with Gasteiger partial charge in [-0.2, -0.15) is 0 Å². The molecule has 5 heteroatoms. The van der Waals surface area contributed by atoms with Gasteiger partial charge in [-0.15, -0.1) is 0 Å². The quantitative estimate of drug-likeness (QED) is 0.415. The monoisotopic (exact) mass is 391 g/mol. The first-order valence-electron chi connectivity index (χ1n) is 9.53. The van der Waals surface area contributed by atoms with Gasteiger partial charge in [-0.3, -0.25) is 9.79 Å². The molecule has 2 N–H and O–H groups in total. The molecule has 0 aliphatic heterocycles. The number of aliphatic imine (C=N–C) groups is 1. The van der Waals surface area contributed by atoms with E-state index in [0.717, 1.165) is 16.2 Å². The van der Waals surface area contributed by atoms with E-state index in [4.69, 9.17) is 4.98 Å². The van der Waals surface area contributed by atoms with Crippen molar-refractivity contribution in [3.05, 3.63) is 101 Å². The predicted molar refractivity (Wildman–Crippen MR) is 121 cm³/mol. The maximum Gasteiger partial charge on any atom is 0.190 e. The molecule has 3 aromatic carbocycles. The predicted octanol–water partition coefficient (Wildman–Crippen LogP) is 5.20. The van der Waals surface area contributed by atoms with Gasteiger partial charge in [0, 0.05) is 29.2 Å². The summed E-state index contributed by atoms with van der Waals surface area (Å²) in [6.07, 6.45) is 4.94. The molecule has 2 aromatic heterocycles. The summed E-state index contributed by atoms with van der Waals surface area (Å²) in [4.78, 5) is 24.6. The van der Waals surface area contributed by atoms with E-state index in [1.807, 2.05) is 54.6 Å². The second kappa shape index (κ2) is 7.29. The molecular weight excluding hydrogens is 374 g/mol. The maximum absolute atomic E-state index is 12.3. The summed E-state index contributed by atoms with van der Waals surface area (Å²) in [7, 11) is 0. The number of pyridine rings is 2. The highest BCUT2D eigenvalue weighted by Gasteiger charge is 2.10. The lowest BCUT2D eigenvalue weighted by Crippen LogP contribution is -2.05. The van der Waals surface area contributed by atoms with E-state index in [0.29, 0.717) is 28.0 Å². The Kier molecular flexibility index (Phi) is 4.33. The molecule has 5 aromatic rings. The van der Waals surface area contributed by atoms with Crippen LogP contribution in [-0.4, -0.2) is 21.3 Å². The van der Waals surface area contributed by atoms with Gasteiger partial charge < -0.3 is 10.1 Å². The van der Waals surface area contributed by atoms with Crippen molar-refractivity contribution in [1.82, 2.24) is 9.97 Å². The lowest BCUT2D eigenvalue weighted by atomic mass is 10.1. The van der Waals surface area contributed by atoms with Crippen LogP contribution in [0.5, 0.6) is 5.75 Å². The zero-order valence-corrected chi connectivity index (χ0v) is 15.9. The Bertz CT molecular complexity index is 1480. The fourth-order valence-electron chi connectivity index (χ4n) is 3.62. The smallest absolute Gasteiger partial charge is 0.190 e. The van der Waals surface area contributed by atoms with Crippen LogP contribution >= 0.6 is 0 Å². The molecule has 0 unspecified atom stereocenters. The van der Waals surface area contributed by atoms with E-state index < -0.39 is 0 Å². The van der Waals surface area contributed by atoms with Crippen LogP contribution in [0.4, 0.5) is 5.69 Å². The molecule has 0 fully saturated rings. The van der Waals surface area contributed by atoms with E-state index in [1.165, 1.54) is 6.07 Å². The Labute approximate surface area is 172 Å². The first-order valence-corrected chi connectivity index (χ1v) is 9.53. The standard InChI is InChI=1S/C25H17N3O2/c29-23-11-12-26-14-19(23)21-13-17-5-1-2-8-18(17)22(28-21)15-27-20-9-3-6-16-7-4-10-24(30)25(16)20/h1-15,30H,(H,26,29). The molecule has 0 aliphatic carbocycles. The van der Waals surface area contributed by atoms with Crippen molar-refractivity contribution in [2.75, 3.05) is 0 Å². The van der Waals surface area contributed by atoms with E-state index in [1.54, 1.807) is 30.7 Å². The van der Waals surface area contributed by atoms with Crippen LogP contribution < -0.4 is 5.43 Å². The summed E-state index contributed by atoms with van der Waals surface area (Å²) >= 11 is 0. The number of aromatic hydroxyl groups is 1. The number of aromatic amines is 1. The highest BCUT2D eigenvalue weighted by atomic mass is 16.3. The van der Waals surface area contributed by atoms with E-state index >= 15 is 0 Å². The fourth-order valence-corrected chi connectivity index (χ4v) is 3.62. The molecule has 5 rings (SSSR count). The van der Waals surface area contributed by atoms with Crippen molar-refractivity contribution >= 4 is 33.4 Å². The number of aromatic nitrogens is 2. The van der Waals surface area contributed by atoms with Crippen LogP contribution in [0.15, 0.2) is 95.0 Å². The maximum atomic E-state index is 12.3. The molecule has 0 spiro atoms. The van der Waals surface area contributed by atoms with Crippen LogP contribution in [-0.2, 0) is 0 Å². The first kappa shape index (κ1) is 17.8. The average Bonchev–Trinajstić information content (AvgIpc) is 2.77. The SMILES string of the molecule is O=c1cc[nH]cc1-c1cc2ccccc2c(C=Nc2cccc3cccc(O)c23)n1. The normalized spacial score (nSPS) is 11.5. The number of hydrogen-bond acceptors (Lipinski definition) is 4. The largest absolute Gasteiger partial charge is 0.507 e. The van der Waals surface area contributed by atoms with Gasteiger partial charge in [-0.05, 0) is 29.0 Å². The summed E-state index contributed by atoms with van der Waals surface area (Å²) in [5.41, 5.74) is 2.29. The number of rotatable bonds is 3. The fraction of sp³-hybridized carbons (Fsp3) is 0. The van der Waals surface area contributed by atoms with Crippen molar-refractivity contribution in [3.8, 4) is 17.0 Å². The lowest BCUT2D eigenvalue weighted by molar-refractivity contribution is 0.482. The average molecular weight is 391 g/mol. The molecule has 0 radical (unpaired) electrons. The van der Waals surface area contributed by atoms with Crippen LogP contribution in [0.1, 0.15) is 5.69 Å². The number of fused-ring (bicyclic) bond motifs is 2. The van der Waals surface area contributed by atoms with Crippen molar-refractivity contribution in [2.45, 2.75) is 0 Å². The molecule has 144 valence electrons. The van der Waals surface area contributed by atoms with Crippen molar-refractivity contribution in [2.24, 2.45) is 4.99 Å². The highest BCUT2D eigenvalue weighted by molar-refractivity contribution is 6.03. The van der Waals surface area contributed by atoms with Gasteiger partial charge in [0.05, 0.1) is 28.9 Å². The third-order valence-corrected chi connectivity index (χ3v) is 5.06. The Morgan fingerprint density at radius 2 is 1.73 bits per heavy atom. The van der Waals surface area contributed by atoms with Crippen LogP contribution in [0.25, 0.3) is 32.8 Å². The molecule has 0 saturated carbocycles. The van der Waals surface area contributed by atoms with Crippen molar-refractivity contribution in [1.29, 1.82) is 0 Å². The molecule has 2 heterocycles. The zero-order valence-electron chi connectivity index (χ0n) is 15.9. The second-order valence-electron chi connectivity index (χ2n) is 6.95. The zero-order chi connectivity index (χ0) is 20.5. The molecule has 5 nitrogen and oxygen atoms in total. The van der Waals surface area contributed by atoms with Gasteiger partial charge in [0.15, 0.2) is 5.43 Å². The Morgan fingerprint density at radius 3 is 2.60 bits per heavy atom. The summed E-state index contributed by atoms with van der Waals surface area (Å²) in [5, 5.41) is 13.8. The second-order valence-corrected chi connectivity index (χ2v) is 6.95. The number of H-pyrrole nitrogens is 1. The van der Waals surface area contributed by atoms with Crippen LogP contribution in [0, 0.1) is 0 Å². The molecule has 0 atom stereocenters. The van der Waals surface area contributed by atoms with E-state index in [-0.39, 0.29) is 11.2 Å². The Hall–Kier alpha value is -4.25. The molecule has 0 amide bonds. The van der Waals surface area contributed by atoms with Crippen molar-refractivity contribution < 1.29 is 5.11 Å². The third kappa shape index (κ3) is 3.12. The summed E-state index contributed by atoms with van der Waals surface area (Å²) in [6.45, 7) is 0. The summed E-state index contributed by atoms with van der Waals surface area (Å²) in [5.74, 6) is 0.183. The number of hydrogen-bond donors (Lipinski definition) is 2. The minimum absolute atomic E-state index is 0.0987. The molecule has 30 heavy (non-hydrogen) atoms. The topological polar surface area (TPSA) is 78.3 Å². The molecule has 0 saturated heterocycles. The Balaban J connectivity index is 1.70. The molecule has 0 aliphatic rings. The van der Waals surface area contributed by atoms with Crippen molar-refractivity contribution in [3.63, 3.8) is 0 Å². The van der Waals surface area contributed by atoms with Gasteiger partial charge in [0.1, 0.15) is 5.75 Å². The minimum atomic E-state index is -0.0987. The van der Waals surface area contributed by atoms with Crippen LogP contribution in [0.2, 0.25) is 0 Å².